The zero-order valence-corrected chi connectivity index (χ0v) is 8.29. The molecule has 2 unspecified atom stereocenters. The molecule has 1 rings (SSSR count). The van der Waals surface area contributed by atoms with Crippen LogP contribution in [0, 0.1) is 11.3 Å². The first kappa shape index (κ1) is 10.5. The molecule has 0 radical (unpaired) electrons. The number of hydrogen-bond acceptors (Lipinski definition) is 2. The van der Waals surface area contributed by atoms with Crippen molar-refractivity contribution in [2.45, 2.75) is 45.6 Å². The zero-order chi connectivity index (χ0) is 10.1. The quantitative estimate of drug-likeness (QED) is 0.686. The number of hydrogen-bond donors (Lipinski definition) is 2. The van der Waals surface area contributed by atoms with Gasteiger partial charge in [0, 0.05) is 5.41 Å². The Bertz CT molecular complexity index is 196. The fourth-order valence-corrected chi connectivity index (χ4v) is 2.15. The summed E-state index contributed by atoms with van der Waals surface area (Å²) >= 11 is 0. The minimum absolute atomic E-state index is 0.304. The maximum atomic E-state index is 10.6. The highest BCUT2D eigenvalue weighted by molar-refractivity contribution is 5.73. The van der Waals surface area contributed by atoms with Crippen LogP contribution in [0.2, 0.25) is 0 Å². The smallest absolute Gasteiger partial charge is 0.333 e. The molecule has 76 valence electrons. The molecule has 0 bridgehead atoms. The van der Waals surface area contributed by atoms with E-state index in [0.717, 1.165) is 25.7 Å². The molecular formula is C10H18O3. The number of carboxylic acids is 1. The second kappa shape index (κ2) is 3.66. The predicted octanol–water partition coefficient (Wildman–Crippen LogP) is 1.65. The molecular weight excluding hydrogens is 168 g/mol. The van der Waals surface area contributed by atoms with Gasteiger partial charge in [-0.05, 0) is 18.8 Å². The molecule has 3 heteroatoms. The lowest BCUT2D eigenvalue weighted by Crippen LogP contribution is -2.35. The van der Waals surface area contributed by atoms with Crippen LogP contribution in [0.3, 0.4) is 0 Å². The summed E-state index contributed by atoms with van der Waals surface area (Å²) in [6, 6.07) is 0. The lowest BCUT2D eigenvalue weighted by molar-refractivity contribution is -0.152. The van der Waals surface area contributed by atoms with Crippen molar-refractivity contribution < 1.29 is 15.0 Å². The lowest BCUT2D eigenvalue weighted by Gasteiger charge is -2.25. The Hall–Kier alpha value is -0.570. The summed E-state index contributed by atoms with van der Waals surface area (Å²) < 4.78 is 0. The van der Waals surface area contributed by atoms with Gasteiger partial charge in [0.05, 0.1) is 0 Å². The van der Waals surface area contributed by atoms with Gasteiger partial charge in [0.1, 0.15) is 0 Å². The van der Waals surface area contributed by atoms with Crippen molar-refractivity contribution in [3.8, 4) is 0 Å². The highest BCUT2D eigenvalue weighted by Gasteiger charge is 2.55. The van der Waals surface area contributed by atoms with E-state index in [4.69, 9.17) is 5.11 Å². The van der Waals surface area contributed by atoms with Crippen molar-refractivity contribution in [1.29, 1.82) is 0 Å². The second-order valence-corrected chi connectivity index (χ2v) is 4.16. The number of aliphatic carboxylic acids is 1. The van der Waals surface area contributed by atoms with E-state index in [1.54, 1.807) is 0 Å². The van der Waals surface area contributed by atoms with Gasteiger partial charge in [0.2, 0.25) is 0 Å². The highest BCUT2D eigenvalue weighted by atomic mass is 16.4. The SMILES string of the molecule is CCCC(C)C1(C(O)C(=O)O)CC1. The highest BCUT2D eigenvalue weighted by Crippen LogP contribution is 2.56. The molecule has 13 heavy (non-hydrogen) atoms. The van der Waals surface area contributed by atoms with E-state index in [9.17, 15) is 9.90 Å². The number of aliphatic hydroxyl groups is 1. The Morgan fingerprint density at radius 2 is 2.08 bits per heavy atom. The summed E-state index contributed by atoms with van der Waals surface area (Å²) in [6.07, 6.45) is 2.62. The van der Waals surface area contributed by atoms with E-state index in [1.165, 1.54) is 0 Å². The van der Waals surface area contributed by atoms with Gasteiger partial charge in [-0.25, -0.2) is 4.79 Å². The standard InChI is InChI=1S/C10H18O3/c1-3-4-7(2)10(5-6-10)8(11)9(12)13/h7-8,11H,3-6H2,1-2H3,(H,12,13). The molecule has 0 aromatic heterocycles. The average Bonchev–Trinajstić information content (AvgIpc) is 2.83. The molecule has 3 nitrogen and oxygen atoms in total. The van der Waals surface area contributed by atoms with Crippen LogP contribution in [-0.4, -0.2) is 22.3 Å². The molecule has 0 amide bonds. The van der Waals surface area contributed by atoms with Crippen molar-refractivity contribution in [2.75, 3.05) is 0 Å². The molecule has 0 aliphatic heterocycles. The van der Waals surface area contributed by atoms with Crippen molar-refractivity contribution in [3.63, 3.8) is 0 Å². The molecule has 2 N–H and O–H groups in total. The summed E-state index contributed by atoms with van der Waals surface area (Å²) in [5.41, 5.74) is -0.304. The fraction of sp³-hybridized carbons (Fsp3) is 0.900. The van der Waals surface area contributed by atoms with Crippen LogP contribution >= 0.6 is 0 Å². The number of carboxylic acid groups (broad SMARTS) is 1. The van der Waals surface area contributed by atoms with E-state index in [1.807, 2.05) is 6.92 Å². The monoisotopic (exact) mass is 186 g/mol. The minimum Gasteiger partial charge on any atom is -0.479 e. The van der Waals surface area contributed by atoms with Gasteiger partial charge in [-0.2, -0.15) is 0 Å². The van der Waals surface area contributed by atoms with Gasteiger partial charge in [0.15, 0.2) is 6.10 Å². The first-order chi connectivity index (χ1) is 6.04. The Kier molecular flexibility index (Phi) is 2.96. The van der Waals surface area contributed by atoms with Crippen molar-refractivity contribution >= 4 is 5.97 Å². The molecule has 1 fully saturated rings. The van der Waals surface area contributed by atoms with E-state index >= 15 is 0 Å². The third-order valence-electron chi connectivity index (χ3n) is 3.31. The van der Waals surface area contributed by atoms with Crippen LogP contribution in [-0.2, 0) is 4.79 Å². The minimum atomic E-state index is -1.16. The fourth-order valence-electron chi connectivity index (χ4n) is 2.15. The van der Waals surface area contributed by atoms with Gasteiger partial charge in [0.25, 0.3) is 0 Å². The summed E-state index contributed by atoms with van der Waals surface area (Å²) in [5.74, 6) is -0.746. The molecule has 0 spiro atoms. The first-order valence-electron chi connectivity index (χ1n) is 4.95. The van der Waals surface area contributed by atoms with Crippen LogP contribution in [0.5, 0.6) is 0 Å². The van der Waals surface area contributed by atoms with Crippen LogP contribution in [0.25, 0.3) is 0 Å². The predicted molar refractivity (Wildman–Crippen MR) is 49.4 cm³/mol. The summed E-state index contributed by atoms with van der Waals surface area (Å²) in [5, 5.41) is 18.2. The van der Waals surface area contributed by atoms with Gasteiger partial charge < -0.3 is 10.2 Å². The van der Waals surface area contributed by atoms with E-state index in [0.29, 0.717) is 5.92 Å². The molecule has 1 aliphatic carbocycles. The van der Waals surface area contributed by atoms with Crippen LogP contribution < -0.4 is 0 Å². The van der Waals surface area contributed by atoms with Gasteiger partial charge in [-0.1, -0.05) is 26.7 Å². The Morgan fingerprint density at radius 1 is 1.54 bits per heavy atom. The van der Waals surface area contributed by atoms with Crippen molar-refractivity contribution in [3.05, 3.63) is 0 Å². The molecule has 2 atom stereocenters. The molecule has 1 saturated carbocycles. The number of rotatable bonds is 5. The normalized spacial score (nSPS) is 23.6. The maximum absolute atomic E-state index is 10.6. The first-order valence-corrected chi connectivity index (χ1v) is 4.95. The Morgan fingerprint density at radius 3 is 2.38 bits per heavy atom. The third kappa shape index (κ3) is 1.85. The summed E-state index contributed by atoms with van der Waals surface area (Å²) in [6.45, 7) is 4.13. The van der Waals surface area contributed by atoms with Crippen LogP contribution in [0.1, 0.15) is 39.5 Å². The molecule has 1 aliphatic rings. The van der Waals surface area contributed by atoms with E-state index < -0.39 is 12.1 Å². The second-order valence-electron chi connectivity index (χ2n) is 4.16. The van der Waals surface area contributed by atoms with E-state index in [-0.39, 0.29) is 5.41 Å². The molecule has 0 heterocycles. The van der Waals surface area contributed by atoms with E-state index in [2.05, 4.69) is 6.92 Å². The third-order valence-corrected chi connectivity index (χ3v) is 3.31. The molecule has 0 saturated heterocycles. The number of carbonyl (C=O) groups is 1. The van der Waals surface area contributed by atoms with Crippen LogP contribution in [0.4, 0.5) is 0 Å². The summed E-state index contributed by atoms with van der Waals surface area (Å²) in [7, 11) is 0. The Balaban J connectivity index is 2.60. The largest absolute Gasteiger partial charge is 0.479 e. The van der Waals surface area contributed by atoms with Crippen LogP contribution in [0.15, 0.2) is 0 Å². The van der Waals surface area contributed by atoms with Crippen molar-refractivity contribution in [1.82, 2.24) is 0 Å². The summed E-state index contributed by atoms with van der Waals surface area (Å²) in [4.78, 5) is 10.6. The topological polar surface area (TPSA) is 57.5 Å². The Labute approximate surface area is 78.8 Å². The van der Waals surface area contributed by atoms with Gasteiger partial charge in [-0.15, -0.1) is 0 Å². The average molecular weight is 186 g/mol. The molecule has 0 aromatic carbocycles. The lowest BCUT2D eigenvalue weighted by atomic mass is 9.82. The maximum Gasteiger partial charge on any atom is 0.333 e. The van der Waals surface area contributed by atoms with Crippen molar-refractivity contribution in [2.24, 2.45) is 11.3 Å². The number of aliphatic hydroxyl groups excluding tert-OH is 1. The van der Waals surface area contributed by atoms with Gasteiger partial charge in [-0.3, -0.25) is 0 Å². The molecule has 0 aromatic rings. The van der Waals surface area contributed by atoms with Gasteiger partial charge >= 0.3 is 5.97 Å². The zero-order valence-electron chi connectivity index (χ0n) is 8.29.